The van der Waals surface area contributed by atoms with Crippen LogP contribution in [0.1, 0.15) is 11.6 Å². The Morgan fingerprint density at radius 3 is 2.35 bits per heavy atom. The maximum absolute atomic E-state index is 5.44. The minimum atomic E-state index is -1.46. The molecule has 2 rings (SSSR count). The lowest BCUT2D eigenvalue weighted by Gasteiger charge is -2.19. The van der Waals surface area contributed by atoms with Gasteiger partial charge in [0.2, 0.25) is 0 Å². The van der Waals surface area contributed by atoms with Crippen LogP contribution in [0.25, 0.3) is 0 Å². The summed E-state index contributed by atoms with van der Waals surface area (Å²) >= 11 is 3.64. The zero-order valence-corrected chi connectivity index (χ0v) is 16.6. The molecule has 0 heterocycles. The van der Waals surface area contributed by atoms with Crippen molar-refractivity contribution in [3.63, 3.8) is 0 Å². The SMILES string of the molecule is COc1ccccc1N[C@H](C#C[Si](C)(C)C)c1ccccc1Br. The Balaban J connectivity index is 2.41. The van der Waals surface area contributed by atoms with E-state index in [1.807, 2.05) is 42.5 Å². The van der Waals surface area contributed by atoms with E-state index < -0.39 is 8.07 Å². The van der Waals surface area contributed by atoms with E-state index in [-0.39, 0.29) is 6.04 Å². The third-order valence-electron chi connectivity index (χ3n) is 3.21. The molecule has 0 unspecified atom stereocenters. The molecule has 120 valence electrons. The van der Waals surface area contributed by atoms with Crippen molar-refractivity contribution in [2.24, 2.45) is 0 Å². The van der Waals surface area contributed by atoms with Gasteiger partial charge in [0.25, 0.3) is 0 Å². The molecule has 0 aromatic heterocycles. The Labute approximate surface area is 148 Å². The van der Waals surface area contributed by atoms with Gasteiger partial charge in [0.1, 0.15) is 19.9 Å². The van der Waals surface area contributed by atoms with Crippen LogP contribution >= 0.6 is 15.9 Å². The monoisotopic (exact) mass is 387 g/mol. The van der Waals surface area contributed by atoms with E-state index in [2.05, 4.69) is 58.4 Å². The van der Waals surface area contributed by atoms with Crippen LogP contribution in [0.2, 0.25) is 19.6 Å². The van der Waals surface area contributed by atoms with Gasteiger partial charge >= 0.3 is 0 Å². The molecule has 1 atom stereocenters. The number of anilines is 1. The molecule has 0 fully saturated rings. The summed E-state index contributed by atoms with van der Waals surface area (Å²) in [7, 11) is 0.225. The van der Waals surface area contributed by atoms with E-state index in [0.29, 0.717) is 0 Å². The molecule has 1 N–H and O–H groups in total. The molecule has 2 aromatic rings. The van der Waals surface area contributed by atoms with Crippen molar-refractivity contribution < 1.29 is 4.74 Å². The highest BCUT2D eigenvalue weighted by Crippen LogP contribution is 2.30. The molecule has 0 bridgehead atoms. The largest absolute Gasteiger partial charge is 0.495 e. The van der Waals surface area contributed by atoms with E-state index >= 15 is 0 Å². The lowest BCUT2D eigenvalue weighted by Crippen LogP contribution is -2.18. The number of hydrogen-bond acceptors (Lipinski definition) is 2. The summed E-state index contributed by atoms with van der Waals surface area (Å²) in [5, 5.41) is 3.52. The fourth-order valence-corrected chi connectivity index (χ4v) is 3.20. The van der Waals surface area contributed by atoms with Gasteiger partial charge in [0.05, 0.1) is 12.8 Å². The molecule has 0 saturated carbocycles. The van der Waals surface area contributed by atoms with Crippen molar-refractivity contribution in [2.45, 2.75) is 25.7 Å². The van der Waals surface area contributed by atoms with E-state index in [1.54, 1.807) is 7.11 Å². The van der Waals surface area contributed by atoms with Crippen LogP contribution < -0.4 is 10.1 Å². The smallest absolute Gasteiger partial charge is 0.141 e. The second kappa shape index (κ2) is 7.72. The van der Waals surface area contributed by atoms with Crippen LogP contribution in [0.3, 0.4) is 0 Å². The minimum Gasteiger partial charge on any atom is -0.495 e. The first kappa shape index (κ1) is 17.6. The molecular formula is C19H22BrNOSi. The Hall–Kier alpha value is -1.70. The highest BCUT2D eigenvalue weighted by molar-refractivity contribution is 9.10. The van der Waals surface area contributed by atoms with Gasteiger partial charge < -0.3 is 10.1 Å². The lowest BCUT2D eigenvalue weighted by molar-refractivity contribution is 0.416. The quantitative estimate of drug-likeness (QED) is 0.552. The molecule has 2 aromatic carbocycles. The van der Waals surface area contributed by atoms with Crippen LogP contribution in [-0.4, -0.2) is 15.2 Å². The van der Waals surface area contributed by atoms with Crippen LogP contribution in [0, 0.1) is 11.5 Å². The van der Waals surface area contributed by atoms with Gasteiger partial charge in [-0.3, -0.25) is 0 Å². The van der Waals surface area contributed by atoms with Gasteiger partial charge in [-0.15, -0.1) is 5.54 Å². The van der Waals surface area contributed by atoms with Crippen molar-refractivity contribution in [2.75, 3.05) is 12.4 Å². The third kappa shape index (κ3) is 5.16. The highest BCUT2D eigenvalue weighted by atomic mass is 79.9. The summed E-state index contributed by atoms with van der Waals surface area (Å²) in [6.07, 6.45) is 0. The second-order valence-electron chi connectivity index (χ2n) is 6.32. The number of hydrogen-bond donors (Lipinski definition) is 1. The maximum atomic E-state index is 5.44. The predicted octanol–water partition coefficient (Wildman–Crippen LogP) is 5.49. The Kier molecular flexibility index (Phi) is 5.92. The zero-order valence-electron chi connectivity index (χ0n) is 14.0. The summed E-state index contributed by atoms with van der Waals surface area (Å²) < 4.78 is 6.50. The fraction of sp³-hybridized carbons (Fsp3) is 0.263. The number of rotatable bonds is 4. The maximum Gasteiger partial charge on any atom is 0.141 e. The van der Waals surface area contributed by atoms with E-state index in [0.717, 1.165) is 21.5 Å². The first-order valence-electron chi connectivity index (χ1n) is 7.57. The predicted molar refractivity (Wildman–Crippen MR) is 105 cm³/mol. The molecule has 0 aliphatic heterocycles. The molecule has 0 aliphatic rings. The fourth-order valence-electron chi connectivity index (χ4n) is 2.11. The summed E-state index contributed by atoms with van der Waals surface area (Å²) in [5.41, 5.74) is 5.54. The molecule has 0 spiro atoms. The van der Waals surface area contributed by atoms with Crippen LogP contribution in [0.15, 0.2) is 53.0 Å². The number of ether oxygens (including phenoxy) is 1. The normalized spacial score (nSPS) is 12.0. The first-order valence-corrected chi connectivity index (χ1v) is 11.9. The van der Waals surface area contributed by atoms with E-state index in [1.165, 1.54) is 0 Å². The van der Waals surface area contributed by atoms with E-state index in [4.69, 9.17) is 4.74 Å². The lowest BCUT2D eigenvalue weighted by atomic mass is 10.1. The topological polar surface area (TPSA) is 21.3 Å². The number of nitrogens with one attached hydrogen (secondary N) is 1. The van der Waals surface area contributed by atoms with Gasteiger partial charge in [-0.1, -0.05) is 71.8 Å². The highest BCUT2D eigenvalue weighted by Gasteiger charge is 2.15. The first-order chi connectivity index (χ1) is 10.9. The molecule has 0 saturated heterocycles. The average Bonchev–Trinajstić information content (AvgIpc) is 2.51. The Morgan fingerprint density at radius 2 is 1.70 bits per heavy atom. The van der Waals surface area contributed by atoms with Crippen LogP contribution in [0.5, 0.6) is 5.75 Å². The molecule has 2 nitrogen and oxygen atoms in total. The number of methoxy groups -OCH3 is 1. The van der Waals surface area contributed by atoms with Crippen molar-refractivity contribution >= 4 is 29.7 Å². The van der Waals surface area contributed by atoms with Crippen molar-refractivity contribution in [3.8, 4) is 17.2 Å². The minimum absolute atomic E-state index is 0.0893. The van der Waals surface area contributed by atoms with Crippen molar-refractivity contribution in [3.05, 3.63) is 58.6 Å². The summed E-state index contributed by atoms with van der Waals surface area (Å²) in [6, 6.07) is 16.0. The van der Waals surface area contributed by atoms with Crippen LogP contribution in [0.4, 0.5) is 5.69 Å². The van der Waals surface area contributed by atoms with Crippen LogP contribution in [-0.2, 0) is 0 Å². The average molecular weight is 388 g/mol. The molecule has 0 amide bonds. The standard InChI is InChI=1S/C19H22BrNOSi/c1-22-19-12-8-7-11-18(19)21-17(13-14-23(2,3)4)15-9-5-6-10-16(15)20/h5-12,17,21H,1-4H3/t17-/m1/s1. The van der Waals surface area contributed by atoms with E-state index in [9.17, 15) is 0 Å². The van der Waals surface area contributed by atoms with Gasteiger partial charge in [0, 0.05) is 10.0 Å². The second-order valence-corrected chi connectivity index (χ2v) is 11.9. The molecule has 0 aliphatic carbocycles. The summed E-state index contributed by atoms with van der Waals surface area (Å²) in [5.74, 6) is 4.25. The number of para-hydroxylation sites is 2. The molecular weight excluding hydrogens is 366 g/mol. The number of halogens is 1. The molecule has 4 heteroatoms. The van der Waals surface area contributed by atoms with Gasteiger partial charge in [-0.05, 0) is 18.2 Å². The molecule has 0 radical (unpaired) electrons. The Morgan fingerprint density at radius 1 is 1.04 bits per heavy atom. The number of benzene rings is 2. The van der Waals surface area contributed by atoms with Crippen molar-refractivity contribution in [1.82, 2.24) is 0 Å². The van der Waals surface area contributed by atoms with Crippen molar-refractivity contribution in [1.29, 1.82) is 0 Å². The van der Waals surface area contributed by atoms with Gasteiger partial charge in [0.15, 0.2) is 0 Å². The molecule has 23 heavy (non-hydrogen) atoms. The third-order valence-corrected chi connectivity index (χ3v) is 4.83. The summed E-state index contributed by atoms with van der Waals surface area (Å²) in [4.78, 5) is 0. The summed E-state index contributed by atoms with van der Waals surface area (Å²) in [6.45, 7) is 6.75. The Bertz CT molecular complexity index is 728. The zero-order chi connectivity index (χ0) is 16.9. The van der Waals surface area contributed by atoms with Gasteiger partial charge in [-0.25, -0.2) is 0 Å². The van der Waals surface area contributed by atoms with Gasteiger partial charge in [-0.2, -0.15) is 0 Å².